The molecule has 2 amide bonds. The molecular formula is C30H36N4O4S. The minimum absolute atomic E-state index is 0.0433. The molecule has 0 aliphatic carbocycles. The third kappa shape index (κ3) is 5.56. The lowest BCUT2D eigenvalue weighted by molar-refractivity contribution is -0.134. The summed E-state index contributed by atoms with van der Waals surface area (Å²) in [6, 6.07) is 16.1. The van der Waals surface area contributed by atoms with Crippen LogP contribution in [0.2, 0.25) is 0 Å². The molecule has 5 rings (SSSR count). The van der Waals surface area contributed by atoms with Gasteiger partial charge >= 0.3 is 0 Å². The third-order valence-electron chi connectivity index (χ3n) is 7.12. The highest BCUT2D eigenvalue weighted by Gasteiger charge is 2.40. The largest absolute Gasteiger partial charge is 0.497 e. The third-order valence-corrected chi connectivity index (χ3v) is 8.37. The first-order valence-electron chi connectivity index (χ1n) is 13.3. The number of anilines is 1. The van der Waals surface area contributed by atoms with Gasteiger partial charge in [-0.1, -0.05) is 50.6 Å². The number of ether oxygens (including phenoxy) is 2. The van der Waals surface area contributed by atoms with Gasteiger partial charge in [-0.25, -0.2) is 4.68 Å². The Morgan fingerprint density at radius 1 is 1.13 bits per heavy atom. The van der Waals surface area contributed by atoms with E-state index in [0.717, 1.165) is 33.8 Å². The summed E-state index contributed by atoms with van der Waals surface area (Å²) in [5, 5.41) is 5.04. The fourth-order valence-corrected chi connectivity index (χ4v) is 6.31. The molecular weight excluding hydrogens is 512 g/mol. The number of nitrogens with zero attached hydrogens (tertiary/aromatic N) is 4. The van der Waals surface area contributed by atoms with Crippen molar-refractivity contribution in [3.05, 3.63) is 70.9 Å². The summed E-state index contributed by atoms with van der Waals surface area (Å²) in [4.78, 5) is 30.8. The molecule has 2 aromatic carbocycles. The van der Waals surface area contributed by atoms with Crippen LogP contribution in [0.5, 0.6) is 5.75 Å². The second-order valence-corrected chi connectivity index (χ2v) is 12.1. The lowest BCUT2D eigenvalue weighted by Crippen LogP contribution is -2.48. The number of hydrogen-bond donors (Lipinski definition) is 0. The second-order valence-electron chi connectivity index (χ2n) is 11.0. The quantitative estimate of drug-likeness (QED) is 0.467. The van der Waals surface area contributed by atoms with Crippen molar-refractivity contribution in [1.82, 2.24) is 14.7 Å². The Morgan fingerprint density at radius 2 is 1.85 bits per heavy atom. The van der Waals surface area contributed by atoms with E-state index >= 15 is 0 Å². The number of carbonyl (C=O) groups excluding carboxylic acids is 2. The number of rotatable bonds is 5. The average molecular weight is 549 g/mol. The molecule has 9 heteroatoms. The summed E-state index contributed by atoms with van der Waals surface area (Å²) in [5.74, 6) is 1.46. The molecule has 1 fully saturated rings. The molecule has 1 saturated heterocycles. The highest BCUT2D eigenvalue weighted by Crippen LogP contribution is 2.48. The Morgan fingerprint density at radius 3 is 2.49 bits per heavy atom. The van der Waals surface area contributed by atoms with Gasteiger partial charge in [-0.2, -0.15) is 5.10 Å². The molecule has 2 aliphatic heterocycles. The van der Waals surface area contributed by atoms with Crippen LogP contribution in [0.15, 0.2) is 48.5 Å². The molecule has 0 unspecified atom stereocenters. The molecule has 39 heavy (non-hydrogen) atoms. The van der Waals surface area contributed by atoms with Gasteiger partial charge in [0, 0.05) is 24.1 Å². The highest BCUT2D eigenvalue weighted by molar-refractivity contribution is 8.00. The van der Waals surface area contributed by atoms with Crippen molar-refractivity contribution in [3.63, 3.8) is 0 Å². The van der Waals surface area contributed by atoms with E-state index in [1.807, 2.05) is 28.9 Å². The summed E-state index contributed by atoms with van der Waals surface area (Å²) >= 11 is 1.60. The fraction of sp³-hybridized carbons (Fsp3) is 0.433. The Kier molecular flexibility index (Phi) is 7.73. The van der Waals surface area contributed by atoms with Crippen LogP contribution in [0.4, 0.5) is 5.82 Å². The van der Waals surface area contributed by atoms with Crippen LogP contribution in [-0.4, -0.2) is 72.2 Å². The molecule has 0 bridgehead atoms. The lowest BCUT2D eigenvalue weighted by atomic mass is 9.87. The molecule has 3 heterocycles. The maximum atomic E-state index is 13.8. The van der Waals surface area contributed by atoms with Crippen LogP contribution < -0.4 is 9.64 Å². The van der Waals surface area contributed by atoms with Gasteiger partial charge in [0.15, 0.2) is 0 Å². The van der Waals surface area contributed by atoms with E-state index in [2.05, 4.69) is 52.0 Å². The van der Waals surface area contributed by atoms with E-state index in [4.69, 9.17) is 14.6 Å². The van der Waals surface area contributed by atoms with Gasteiger partial charge in [-0.15, -0.1) is 11.8 Å². The molecule has 0 N–H and O–H groups in total. The smallest absolute Gasteiger partial charge is 0.242 e. The molecule has 1 aromatic heterocycles. The number of carbonyl (C=O) groups is 2. The van der Waals surface area contributed by atoms with Gasteiger partial charge < -0.3 is 14.4 Å². The summed E-state index contributed by atoms with van der Waals surface area (Å²) < 4.78 is 12.7. The van der Waals surface area contributed by atoms with Gasteiger partial charge in [0.25, 0.3) is 0 Å². The number of hydrogen-bond acceptors (Lipinski definition) is 6. The Bertz CT molecular complexity index is 1360. The van der Waals surface area contributed by atoms with E-state index < -0.39 is 0 Å². The van der Waals surface area contributed by atoms with Crippen LogP contribution in [0.3, 0.4) is 0 Å². The number of methoxy groups -OCH3 is 1. The van der Waals surface area contributed by atoms with Crippen LogP contribution in [0.25, 0.3) is 5.69 Å². The number of fused-ring (bicyclic) bond motifs is 1. The first-order chi connectivity index (χ1) is 18.7. The zero-order valence-corrected chi connectivity index (χ0v) is 24.1. The summed E-state index contributed by atoms with van der Waals surface area (Å²) in [7, 11) is 1.63. The van der Waals surface area contributed by atoms with Crippen molar-refractivity contribution in [3.8, 4) is 11.4 Å². The lowest BCUT2D eigenvalue weighted by Gasteiger charge is -2.30. The number of aromatic nitrogens is 2. The van der Waals surface area contributed by atoms with Crippen LogP contribution in [0.1, 0.15) is 48.4 Å². The number of morpholine rings is 1. The van der Waals surface area contributed by atoms with E-state index in [0.29, 0.717) is 32.1 Å². The summed E-state index contributed by atoms with van der Waals surface area (Å²) in [5.41, 5.74) is 4.66. The standard InChI is InChI=1S/C30H36N4O4S/c1-20-7-6-8-21(17-20)27-26-28(30(2,3)4)31-34(22-9-11-23(37-5)12-10-22)29(26)33(25(36)19-39-27)18-24(35)32-13-15-38-16-14-32/h6-12,17,27H,13-16,18-19H2,1-5H3/t27-/m0/s1. The first-order valence-corrected chi connectivity index (χ1v) is 14.3. The van der Waals surface area contributed by atoms with Crippen molar-refractivity contribution >= 4 is 29.4 Å². The average Bonchev–Trinajstić information content (AvgIpc) is 3.27. The van der Waals surface area contributed by atoms with Crippen LogP contribution in [-0.2, 0) is 19.7 Å². The zero-order chi connectivity index (χ0) is 27.7. The molecule has 206 valence electrons. The number of thioether (sulfide) groups is 1. The van der Waals surface area contributed by atoms with Gasteiger partial charge in [0.2, 0.25) is 11.8 Å². The van der Waals surface area contributed by atoms with Crippen LogP contribution in [0, 0.1) is 6.92 Å². The molecule has 3 aromatic rings. The predicted octanol–water partition coefficient (Wildman–Crippen LogP) is 4.51. The van der Waals surface area contributed by atoms with Crippen molar-refractivity contribution < 1.29 is 19.1 Å². The zero-order valence-electron chi connectivity index (χ0n) is 23.3. The van der Waals surface area contributed by atoms with Crippen molar-refractivity contribution in [2.45, 2.75) is 38.4 Å². The second kappa shape index (κ2) is 11.1. The van der Waals surface area contributed by atoms with Gasteiger partial charge in [0.05, 0.1) is 42.7 Å². The molecule has 0 spiro atoms. The van der Waals surface area contributed by atoms with Gasteiger partial charge in [0.1, 0.15) is 18.1 Å². The summed E-state index contributed by atoms with van der Waals surface area (Å²) in [6.45, 7) is 10.5. The monoisotopic (exact) mass is 548 g/mol. The number of aryl methyl sites for hydroxylation is 1. The minimum atomic E-state index is -0.308. The normalized spacial score (nSPS) is 18.1. The maximum Gasteiger partial charge on any atom is 0.242 e. The number of amides is 2. The molecule has 0 radical (unpaired) electrons. The van der Waals surface area contributed by atoms with Crippen molar-refractivity contribution in [1.29, 1.82) is 0 Å². The fourth-order valence-electron chi connectivity index (χ4n) is 5.12. The Labute approximate surface area is 234 Å². The van der Waals surface area contributed by atoms with Crippen molar-refractivity contribution in [2.75, 3.05) is 50.6 Å². The predicted molar refractivity (Wildman–Crippen MR) is 154 cm³/mol. The molecule has 1 atom stereocenters. The van der Waals surface area contributed by atoms with E-state index in [9.17, 15) is 9.59 Å². The highest BCUT2D eigenvalue weighted by atomic mass is 32.2. The Balaban J connectivity index is 1.72. The molecule has 2 aliphatic rings. The van der Waals surface area contributed by atoms with E-state index in [-0.39, 0.29) is 34.8 Å². The first kappa shape index (κ1) is 27.3. The Hall–Kier alpha value is -3.30. The van der Waals surface area contributed by atoms with Crippen LogP contribution >= 0.6 is 11.8 Å². The maximum absolute atomic E-state index is 13.8. The molecule has 8 nitrogen and oxygen atoms in total. The molecule has 0 saturated carbocycles. The summed E-state index contributed by atoms with van der Waals surface area (Å²) in [6.07, 6.45) is 0. The topological polar surface area (TPSA) is 76.9 Å². The minimum Gasteiger partial charge on any atom is -0.497 e. The van der Waals surface area contributed by atoms with E-state index in [1.165, 1.54) is 0 Å². The SMILES string of the molecule is COc1ccc(-n2nc(C(C)(C)C)c3c2N(CC(=O)N2CCOCC2)C(=O)CS[C@H]3c2cccc(C)c2)cc1. The van der Waals surface area contributed by atoms with Crippen molar-refractivity contribution in [2.24, 2.45) is 0 Å². The van der Waals surface area contributed by atoms with E-state index in [1.54, 1.807) is 28.7 Å². The van der Waals surface area contributed by atoms with Gasteiger partial charge in [-0.05, 0) is 36.8 Å². The van der Waals surface area contributed by atoms with Gasteiger partial charge in [-0.3, -0.25) is 14.5 Å². The number of benzene rings is 2.